The lowest BCUT2D eigenvalue weighted by Gasteiger charge is -2.32. The van der Waals surface area contributed by atoms with E-state index in [0.717, 1.165) is 48.7 Å². The second-order valence-electron chi connectivity index (χ2n) is 17.3. The molecule has 0 fully saturated rings. The Kier molecular flexibility index (Phi) is 12.9. The average Bonchev–Trinajstić information content (AvgIpc) is 3.11. The smallest absolute Gasteiger partial charge is 0.0521 e. The fourth-order valence-corrected chi connectivity index (χ4v) is 7.43. The summed E-state index contributed by atoms with van der Waals surface area (Å²) in [7, 11) is 0. The van der Waals surface area contributed by atoms with Crippen LogP contribution in [0.15, 0.2) is 97.1 Å². The van der Waals surface area contributed by atoms with E-state index in [9.17, 15) is 0 Å². The van der Waals surface area contributed by atoms with E-state index in [0.29, 0.717) is 0 Å². The topological polar surface area (TPSA) is 30.5 Å². The van der Waals surface area contributed by atoms with Gasteiger partial charge in [0.25, 0.3) is 0 Å². The maximum atomic E-state index is 3.66. The Hall–Kier alpha value is -4.70. The van der Waals surface area contributed by atoms with Gasteiger partial charge in [0.2, 0.25) is 0 Å². The van der Waals surface area contributed by atoms with Gasteiger partial charge in [-0.25, -0.2) is 0 Å². The van der Waals surface area contributed by atoms with Crippen molar-refractivity contribution < 1.29 is 0 Å². The highest BCUT2D eigenvalue weighted by molar-refractivity contribution is 5.85. The lowest BCUT2D eigenvalue weighted by molar-refractivity contribution is 0.590. The van der Waals surface area contributed by atoms with Crippen LogP contribution in [0.2, 0.25) is 0 Å². The van der Waals surface area contributed by atoms with Crippen LogP contribution in [0.1, 0.15) is 114 Å². The van der Waals surface area contributed by atoms with Crippen LogP contribution in [-0.4, -0.2) is 13.1 Å². The van der Waals surface area contributed by atoms with E-state index in [4.69, 9.17) is 0 Å². The number of nitrogens with zero attached hydrogens (tertiary/aromatic N) is 2. The Labute approximate surface area is 328 Å². The summed E-state index contributed by atoms with van der Waals surface area (Å²) in [6.45, 7) is 29.1. The molecule has 0 aromatic heterocycles. The predicted molar refractivity (Wildman–Crippen MR) is 239 cm³/mol. The van der Waals surface area contributed by atoms with Crippen molar-refractivity contribution in [2.45, 2.75) is 120 Å². The van der Waals surface area contributed by atoms with E-state index in [1.807, 2.05) is 0 Å². The molecule has 0 radical (unpaired) electrons. The highest BCUT2D eigenvalue weighted by Crippen LogP contribution is 2.44. The number of aryl methyl sites for hydroxylation is 4. The van der Waals surface area contributed by atoms with Gasteiger partial charge in [0.1, 0.15) is 0 Å². The van der Waals surface area contributed by atoms with Gasteiger partial charge in [0.05, 0.1) is 11.4 Å². The molecule has 2 N–H and O–H groups in total. The number of anilines is 8. The van der Waals surface area contributed by atoms with E-state index < -0.39 is 0 Å². The van der Waals surface area contributed by atoms with E-state index in [1.165, 1.54) is 69.0 Å². The van der Waals surface area contributed by atoms with Crippen LogP contribution in [0.25, 0.3) is 0 Å². The molecular weight excluding hydrogens is 657 g/mol. The summed E-state index contributed by atoms with van der Waals surface area (Å²) in [4.78, 5) is 4.87. The first-order chi connectivity index (χ1) is 25.6. The minimum Gasteiger partial charge on any atom is -0.385 e. The molecule has 0 amide bonds. The summed E-state index contributed by atoms with van der Waals surface area (Å²) in [5, 5.41) is 7.31. The molecule has 0 heterocycles. The quantitative estimate of drug-likeness (QED) is 0.112. The van der Waals surface area contributed by atoms with Crippen molar-refractivity contribution in [1.82, 2.24) is 0 Å². The van der Waals surface area contributed by atoms with Gasteiger partial charge < -0.3 is 20.4 Å². The van der Waals surface area contributed by atoms with Crippen LogP contribution in [0.3, 0.4) is 0 Å². The molecule has 54 heavy (non-hydrogen) atoms. The van der Waals surface area contributed by atoms with E-state index in [2.05, 4.69) is 201 Å². The molecule has 0 bridgehead atoms. The van der Waals surface area contributed by atoms with Gasteiger partial charge >= 0.3 is 0 Å². The van der Waals surface area contributed by atoms with Crippen molar-refractivity contribution in [3.63, 3.8) is 0 Å². The molecule has 0 aliphatic heterocycles. The van der Waals surface area contributed by atoms with Gasteiger partial charge in [-0.15, -0.1) is 0 Å². The first-order valence-corrected chi connectivity index (χ1v) is 20.2. The highest BCUT2D eigenvalue weighted by Gasteiger charge is 2.23. The first kappa shape index (κ1) is 40.5. The van der Waals surface area contributed by atoms with Crippen LogP contribution in [0, 0.1) is 27.7 Å². The van der Waals surface area contributed by atoms with Gasteiger partial charge in [0.15, 0.2) is 0 Å². The molecule has 0 saturated carbocycles. The van der Waals surface area contributed by atoms with Crippen molar-refractivity contribution >= 4 is 45.5 Å². The van der Waals surface area contributed by atoms with Gasteiger partial charge in [-0.2, -0.15) is 0 Å². The summed E-state index contributed by atoms with van der Waals surface area (Å²) < 4.78 is 0. The van der Waals surface area contributed by atoms with Crippen molar-refractivity contribution in [2.75, 3.05) is 33.5 Å². The zero-order valence-corrected chi connectivity index (χ0v) is 35.4. The van der Waals surface area contributed by atoms with Crippen molar-refractivity contribution in [3.8, 4) is 0 Å². The fourth-order valence-electron chi connectivity index (χ4n) is 7.43. The number of benzene rings is 5. The molecule has 286 valence electrons. The van der Waals surface area contributed by atoms with Gasteiger partial charge in [0, 0.05) is 47.2 Å². The first-order valence-electron chi connectivity index (χ1n) is 20.2. The zero-order chi connectivity index (χ0) is 39.2. The van der Waals surface area contributed by atoms with Crippen LogP contribution >= 0.6 is 0 Å². The minimum atomic E-state index is 0.0806. The van der Waals surface area contributed by atoms with E-state index >= 15 is 0 Å². The average molecular weight is 723 g/mol. The molecule has 5 rings (SSSR count). The molecule has 0 unspecified atom stereocenters. The summed E-state index contributed by atoms with van der Waals surface area (Å²) in [6.07, 6.45) is 4.68. The molecule has 5 aromatic carbocycles. The van der Waals surface area contributed by atoms with Crippen molar-refractivity contribution in [3.05, 3.63) is 130 Å². The maximum Gasteiger partial charge on any atom is 0.0521 e. The Morgan fingerprint density at radius 1 is 0.426 bits per heavy atom. The molecule has 4 heteroatoms. The standard InChI is InChI=1S/C50H66N4/c1-13-15-29-51-41-31-35(3)47(36(4)32-41)53(43-21-17-39(18-22-43)49(7,8)9)45-25-27-46(28-26-45)54(44-23-19-40(20-24-44)50(10,11)12)48-37(5)33-42(34-38(48)6)52-30-16-14-2/h17-28,31-34,51-52H,13-16,29-30H2,1-12H3. The number of hydrogen-bond donors (Lipinski definition) is 2. The molecule has 0 spiro atoms. The molecule has 5 aromatic rings. The number of nitrogens with one attached hydrogen (secondary N) is 2. The Bertz CT molecular complexity index is 1780. The van der Waals surface area contributed by atoms with E-state index in [-0.39, 0.29) is 10.8 Å². The summed E-state index contributed by atoms with van der Waals surface area (Å²) in [5.41, 5.74) is 17.2. The van der Waals surface area contributed by atoms with Crippen LogP contribution in [0.4, 0.5) is 45.5 Å². The summed E-state index contributed by atoms with van der Waals surface area (Å²) in [5.74, 6) is 0. The normalized spacial score (nSPS) is 11.8. The second kappa shape index (κ2) is 17.2. The molecule has 4 nitrogen and oxygen atoms in total. The second-order valence-corrected chi connectivity index (χ2v) is 17.3. The molecule has 0 aliphatic rings. The summed E-state index contributed by atoms with van der Waals surface area (Å²) >= 11 is 0. The third kappa shape index (κ3) is 9.50. The highest BCUT2D eigenvalue weighted by atomic mass is 15.2. The van der Waals surface area contributed by atoms with Crippen LogP contribution in [-0.2, 0) is 10.8 Å². The third-order valence-electron chi connectivity index (χ3n) is 10.5. The maximum absolute atomic E-state index is 3.66. The van der Waals surface area contributed by atoms with Gasteiger partial charge in [-0.05, 0) is 158 Å². The zero-order valence-electron chi connectivity index (χ0n) is 35.4. The molecular formula is C50H66N4. The fraction of sp³-hybridized carbons (Fsp3) is 0.400. The number of rotatable bonds is 14. The van der Waals surface area contributed by atoms with Gasteiger partial charge in [-0.3, -0.25) is 0 Å². The molecule has 0 saturated heterocycles. The third-order valence-corrected chi connectivity index (χ3v) is 10.5. The molecule has 0 atom stereocenters. The van der Waals surface area contributed by atoms with E-state index in [1.54, 1.807) is 0 Å². The molecule has 0 aliphatic carbocycles. The number of unbranched alkanes of at least 4 members (excludes halogenated alkanes) is 2. The largest absolute Gasteiger partial charge is 0.385 e. The lowest BCUT2D eigenvalue weighted by atomic mass is 9.87. The Morgan fingerprint density at radius 2 is 0.685 bits per heavy atom. The Balaban J connectivity index is 1.63. The van der Waals surface area contributed by atoms with Crippen LogP contribution < -0.4 is 20.4 Å². The minimum absolute atomic E-state index is 0.0806. The van der Waals surface area contributed by atoms with Crippen molar-refractivity contribution in [2.24, 2.45) is 0 Å². The summed E-state index contributed by atoms with van der Waals surface area (Å²) in [6, 6.07) is 36.7. The van der Waals surface area contributed by atoms with Gasteiger partial charge in [-0.1, -0.05) is 92.5 Å². The SMILES string of the molecule is CCCCNc1cc(C)c(N(c2ccc(N(c3ccc(C(C)(C)C)cc3)c3c(C)cc(NCCCC)cc3C)cc2)c2ccc(C(C)(C)C)cc2)c(C)c1. The van der Waals surface area contributed by atoms with Crippen molar-refractivity contribution in [1.29, 1.82) is 0 Å². The predicted octanol–water partition coefficient (Wildman–Crippen LogP) is 14.9. The Morgan fingerprint density at radius 3 is 0.926 bits per heavy atom. The number of hydrogen-bond acceptors (Lipinski definition) is 4. The monoisotopic (exact) mass is 723 g/mol. The lowest BCUT2D eigenvalue weighted by Crippen LogP contribution is -2.16. The van der Waals surface area contributed by atoms with Crippen LogP contribution in [0.5, 0.6) is 0 Å².